The molecule has 0 aliphatic heterocycles. The van der Waals surface area contributed by atoms with Crippen molar-refractivity contribution in [2.24, 2.45) is 0 Å². The van der Waals surface area contributed by atoms with Crippen LogP contribution in [0.15, 0.2) is 36.0 Å². The van der Waals surface area contributed by atoms with Crippen LogP contribution >= 0.6 is 23.1 Å². The maximum Gasteiger partial charge on any atom is 0.341 e. The Morgan fingerprint density at radius 2 is 2.03 bits per heavy atom. The molecule has 0 radical (unpaired) electrons. The third-order valence-electron chi connectivity index (χ3n) is 6.11. The highest BCUT2D eigenvalue weighted by molar-refractivity contribution is 7.99. The number of thioether (sulfide) groups is 1. The molecule has 0 unspecified atom stereocenters. The van der Waals surface area contributed by atoms with E-state index in [1.54, 1.807) is 6.08 Å². The van der Waals surface area contributed by atoms with Gasteiger partial charge in [0.2, 0.25) is 5.91 Å². The number of carbonyl (C=O) groups is 2. The minimum atomic E-state index is -0.374. The van der Waals surface area contributed by atoms with E-state index < -0.39 is 0 Å². The van der Waals surface area contributed by atoms with Crippen molar-refractivity contribution in [1.82, 2.24) is 14.8 Å². The Morgan fingerprint density at radius 3 is 2.79 bits per heavy atom. The standard InChI is InChI=1S/C28H34N4O4S2/c1-6-13-32-23(15-35-21-14-18(4)11-12-19(21)5)30-31-28(32)37-16-24(33)29-26-25(27(34)36-17(2)3)20-9-7-8-10-22(20)38-26/h6,11-12,14,17H,1,7-10,13,15-16H2,2-5H3,(H,29,33). The third-order valence-corrected chi connectivity index (χ3v) is 8.28. The highest BCUT2D eigenvalue weighted by atomic mass is 32.2. The number of aryl methyl sites for hydroxylation is 3. The maximum atomic E-state index is 13.0. The van der Waals surface area contributed by atoms with Gasteiger partial charge in [0.1, 0.15) is 17.4 Å². The number of rotatable bonds is 11. The summed E-state index contributed by atoms with van der Waals surface area (Å²) in [5.41, 5.74) is 3.70. The van der Waals surface area contributed by atoms with E-state index in [9.17, 15) is 9.59 Å². The fourth-order valence-electron chi connectivity index (χ4n) is 4.29. The second-order valence-corrected chi connectivity index (χ2v) is 11.6. The molecule has 1 amide bonds. The van der Waals surface area contributed by atoms with Gasteiger partial charge in [-0.3, -0.25) is 9.36 Å². The Labute approximate surface area is 231 Å². The van der Waals surface area contributed by atoms with Crippen molar-refractivity contribution in [3.63, 3.8) is 0 Å². The molecule has 1 aromatic carbocycles. The minimum absolute atomic E-state index is 0.119. The van der Waals surface area contributed by atoms with Gasteiger partial charge in [0.05, 0.1) is 17.4 Å². The molecule has 0 saturated heterocycles. The molecule has 8 nitrogen and oxygen atoms in total. The Bertz CT molecular complexity index is 1330. The summed E-state index contributed by atoms with van der Waals surface area (Å²) in [4.78, 5) is 27.0. The fourth-order valence-corrected chi connectivity index (χ4v) is 6.35. The number of benzene rings is 1. The second-order valence-electron chi connectivity index (χ2n) is 9.56. The van der Waals surface area contributed by atoms with Crippen molar-refractivity contribution in [3.05, 3.63) is 63.8 Å². The third kappa shape index (κ3) is 6.66. The molecule has 3 aromatic rings. The van der Waals surface area contributed by atoms with Crippen LogP contribution in [0.4, 0.5) is 5.00 Å². The fraction of sp³-hybridized carbons (Fsp3) is 0.429. The summed E-state index contributed by atoms with van der Waals surface area (Å²) in [5, 5.41) is 12.7. The van der Waals surface area contributed by atoms with Crippen LogP contribution in [0.25, 0.3) is 0 Å². The molecule has 2 aromatic heterocycles. The summed E-state index contributed by atoms with van der Waals surface area (Å²) in [5.74, 6) is 0.986. The van der Waals surface area contributed by atoms with Crippen molar-refractivity contribution in [2.45, 2.75) is 77.8 Å². The van der Waals surface area contributed by atoms with Gasteiger partial charge in [-0.1, -0.05) is 30.0 Å². The number of esters is 1. The lowest BCUT2D eigenvalue weighted by atomic mass is 9.95. The predicted octanol–water partition coefficient (Wildman–Crippen LogP) is 5.90. The zero-order valence-corrected chi connectivity index (χ0v) is 24.0. The Hall–Kier alpha value is -3.11. The number of nitrogens with one attached hydrogen (secondary N) is 1. The zero-order chi connectivity index (χ0) is 27.2. The summed E-state index contributed by atoms with van der Waals surface area (Å²) in [6.07, 6.45) is 5.40. The summed E-state index contributed by atoms with van der Waals surface area (Å²) < 4.78 is 13.4. The monoisotopic (exact) mass is 554 g/mol. The van der Waals surface area contributed by atoms with Crippen molar-refractivity contribution in [3.8, 4) is 5.75 Å². The van der Waals surface area contributed by atoms with E-state index in [0.717, 1.165) is 53.0 Å². The van der Waals surface area contributed by atoms with Crippen LogP contribution < -0.4 is 10.1 Å². The van der Waals surface area contributed by atoms with Crippen molar-refractivity contribution < 1.29 is 19.1 Å². The number of fused-ring (bicyclic) bond motifs is 1. The molecule has 2 heterocycles. The van der Waals surface area contributed by atoms with Crippen LogP contribution in [0.1, 0.15) is 64.4 Å². The number of anilines is 1. The van der Waals surface area contributed by atoms with Crippen LogP contribution in [-0.2, 0) is 35.5 Å². The van der Waals surface area contributed by atoms with Gasteiger partial charge in [-0.2, -0.15) is 0 Å². The molecular formula is C28H34N4O4S2. The highest BCUT2D eigenvalue weighted by Crippen LogP contribution is 2.39. The first-order valence-corrected chi connectivity index (χ1v) is 14.6. The summed E-state index contributed by atoms with van der Waals surface area (Å²) >= 11 is 2.77. The van der Waals surface area contributed by atoms with Gasteiger partial charge < -0.3 is 14.8 Å². The van der Waals surface area contributed by atoms with Gasteiger partial charge in [-0.25, -0.2) is 4.79 Å². The summed E-state index contributed by atoms with van der Waals surface area (Å²) in [6.45, 7) is 12.3. The lowest BCUT2D eigenvalue weighted by molar-refractivity contribution is -0.113. The number of amides is 1. The average molecular weight is 555 g/mol. The molecule has 0 bridgehead atoms. The molecule has 4 rings (SSSR count). The Morgan fingerprint density at radius 1 is 1.24 bits per heavy atom. The Balaban J connectivity index is 1.44. The lowest BCUT2D eigenvalue weighted by Gasteiger charge is -2.14. The first kappa shape index (κ1) is 27.9. The van der Waals surface area contributed by atoms with Crippen LogP contribution in [0.5, 0.6) is 5.75 Å². The van der Waals surface area contributed by atoms with Gasteiger partial charge in [-0.05, 0) is 76.1 Å². The lowest BCUT2D eigenvalue weighted by Crippen LogP contribution is -2.19. The first-order valence-electron chi connectivity index (χ1n) is 12.8. The average Bonchev–Trinajstić information content (AvgIpc) is 3.43. The number of ether oxygens (including phenoxy) is 2. The molecule has 1 aliphatic carbocycles. The van der Waals surface area contributed by atoms with Gasteiger partial charge in [0, 0.05) is 11.4 Å². The predicted molar refractivity (Wildman–Crippen MR) is 151 cm³/mol. The smallest absolute Gasteiger partial charge is 0.341 e. The number of allylic oxidation sites excluding steroid dienone is 1. The molecule has 0 saturated carbocycles. The number of hydrogen-bond donors (Lipinski definition) is 1. The molecule has 38 heavy (non-hydrogen) atoms. The number of nitrogens with zero attached hydrogens (tertiary/aromatic N) is 3. The van der Waals surface area contributed by atoms with Crippen molar-refractivity contribution in [1.29, 1.82) is 0 Å². The molecule has 0 atom stereocenters. The van der Waals surface area contributed by atoms with Gasteiger partial charge in [-0.15, -0.1) is 28.1 Å². The first-order chi connectivity index (χ1) is 18.3. The van der Waals surface area contributed by atoms with E-state index in [-0.39, 0.29) is 30.3 Å². The van der Waals surface area contributed by atoms with E-state index in [1.165, 1.54) is 23.1 Å². The number of carbonyl (C=O) groups excluding carboxylic acids is 2. The summed E-state index contributed by atoms with van der Waals surface area (Å²) in [6, 6.07) is 6.07. The molecule has 0 fully saturated rings. The topological polar surface area (TPSA) is 95.3 Å². The normalized spacial score (nSPS) is 12.8. The van der Waals surface area contributed by atoms with Crippen LogP contribution in [0.3, 0.4) is 0 Å². The number of hydrogen-bond acceptors (Lipinski definition) is 8. The quantitative estimate of drug-likeness (QED) is 0.179. The molecule has 10 heteroatoms. The van der Waals surface area contributed by atoms with Crippen molar-refractivity contribution >= 4 is 40.0 Å². The highest BCUT2D eigenvalue weighted by Gasteiger charge is 2.28. The van der Waals surface area contributed by atoms with E-state index in [4.69, 9.17) is 9.47 Å². The molecular weight excluding hydrogens is 520 g/mol. The SMILES string of the molecule is C=CCn1c(COc2cc(C)ccc2C)nnc1SCC(=O)Nc1sc2c(c1C(=O)OC(C)C)CCCC2. The number of thiophene rings is 1. The van der Waals surface area contributed by atoms with Crippen LogP contribution in [0.2, 0.25) is 0 Å². The largest absolute Gasteiger partial charge is 0.485 e. The molecule has 1 N–H and O–H groups in total. The van der Waals surface area contributed by atoms with Gasteiger partial charge in [0.25, 0.3) is 0 Å². The van der Waals surface area contributed by atoms with Crippen LogP contribution in [-0.4, -0.2) is 38.5 Å². The van der Waals surface area contributed by atoms with Gasteiger partial charge >= 0.3 is 5.97 Å². The second kappa shape index (κ2) is 12.6. The Kier molecular flexibility index (Phi) is 9.27. The van der Waals surface area contributed by atoms with E-state index in [0.29, 0.717) is 28.1 Å². The molecule has 202 valence electrons. The summed E-state index contributed by atoms with van der Waals surface area (Å²) in [7, 11) is 0. The van der Waals surface area contributed by atoms with E-state index in [1.807, 2.05) is 50.5 Å². The van der Waals surface area contributed by atoms with E-state index >= 15 is 0 Å². The molecule has 1 aliphatic rings. The van der Waals surface area contributed by atoms with Crippen molar-refractivity contribution in [2.75, 3.05) is 11.1 Å². The zero-order valence-electron chi connectivity index (χ0n) is 22.3. The maximum absolute atomic E-state index is 13.0. The van der Waals surface area contributed by atoms with E-state index in [2.05, 4.69) is 22.1 Å². The number of aromatic nitrogens is 3. The van der Waals surface area contributed by atoms with Crippen LogP contribution in [0, 0.1) is 13.8 Å². The minimum Gasteiger partial charge on any atom is -0.485 e. The van der Waals surface area contributed by atoms with Gasteiger partial charge in [0.15, 0.2) is 11.0 Å². The molecule has 0 spiro atoms.